The summed E-state index contributed by atoms with van der Waals surface area (Å²) in [5, 5.41) is 17.6. The van der Waals surface area contributed by atoms with Crippen LogP contribution in [-0.2, 0) is 35.3 Å². The minimum Gasteiger partial charge on any atom is -0.449 e. The molecule has 3 N–H and O–H groups in total. The highest BCUT2D eigenvalue weighted by atomic mass is 32.1. The minimum atomic E-state index is -0.463. The Labute approximate surface area is 252 Å². The smallest absolute Gasteiger partial charge is 0.411 e. The van der Waals surface area contributed by atoms with Gasteiger partial charge in [0.1, 0.15) is 5.82 Å². The molecule has 3 aromatic rings. The third-order valence-electron chi connectivity index (χ3n) is 7.83. The predicted octanol–water partition coefficient (Wildman–Crippen LogP) is 6.04. The van der Waals surface area contributed by atoms with Gasteiger partial charge in [0.15, 0.2) is 0 Å². The highest BCUT2D eigenvalue weighted by Crippen LogP contribution is 2.31. The van der Waals surface area contributed by atoms with Crippen molar-refractivity contribution in [3.8, 4) is 0 Å². The second-order valence-electron chi connectivity index (χ2n) is 11.2. The SMILES string of the molecule is CCc1nc(CCc2cc(N3CCOCC3)cc(NC(CC)c3cc(CO)cc(NC(=O)OCC4CC4)c3)n2)sc1C. The lowest BCUT2D eigenvalue weighted by atomic mass is 10.0. The van der Waals surface area contributed by atoms with Crippen molar-refractivity contribution in [3.63, 3.8) is 0 Å². The number of aromatic nitrogens is 2. The van der Waals surface area contributed by atoms with E-state index < -0.39 is 6.09 Å². The Kier molecular flexibility index (Phi) is 10.3. The van der Waals surface area contributed by atoms with E-state index in [1.807, 2.05) is 12.1 Å². The topological polar surface area (TPSA) is 109 Å². The minimum absolute atomic E-state index is 0.0754. The number of amides is 1. The van der Waals surface area contributed by atoms with Gasteiger partial charge in [-0.25, -0.2) is 14.8 Å². The molecule has 1 aliphatic carbocycles. The first-order chi connectivity index (χ1) is 20.4. The number of carbonyl (C=O) groups excluding carboxylic acids is 1. The number of ether oxygens (including phenoxy) is 2. The summed E-state index contributed by atoms with van der Waals surface area (Å²) >= 11 is 1.78. The van der Waals surface area contributed by atoms with Crippen molar-refractivity contribution in [2.45, 2.75) is 71.9 Å². The molecule has 3 heterocycles. The highest BCUT2D eigenvalue weighted by Gasteiger charge is 2.23. The van der Waals surface area contributed by atoms with E-state index in [4.69, 9.17) is 19.4 Å². The fourth-order valence-corrected chi connectivity index (χ4v) is 6.27. The predicted molar refractivity (Wildman–Crippen MR) is 168 cm³/mol. The maximum absolute atomic E-state index is 12.4. The molecule has 2 fully saturated rings. The summed E-state index contributed by atoms with van der Waals surface area (Å²) in [6, 6.07) is 9.94. The highest BCUT2D eigenvalue weighted by molar-refractivity contribution is 7.11. The molecule has 0 bridgehead atoms. The van der Waals surface area contributed by atoms with Crippen molar-refractivity contribution >= 4 is 34.6 Å². The number of morpholine rings is 1. The molecule has 1 saturated heterocycles. The van der Waals surface area contributed by atoms with Gasteiger partial charge in [-0.3, -0.25) is 5.32 Å². The number of anilines is 3. The third-order valence-corrected chi connectivity index (χ3v) is 8.90. The molecule has 1 aliphatic heterocycles. The fourth-order valence-electron chi connectivity index (χ4n) is 5.25. The Hall–Kier alpha value is -3.21. The van der Waals surface area contributed by atoms with Crippen LogP contribution in [0.25, 0.3) is 0 Å². The molecule has 2 aliphatic rings. The van der Waals surface area contributed by atoms with Crippen molar-refractivity contribution < 1.29 is 19.4 Å². The molecule has 10 heteroatoms. The molecular formula is C32H43N5O4S. The van der Waals surface area contributed by atoms with E-state index in [1.165, 1.54) is 10.6 Å². The number of aryl methyl sites for hydroxylation is 4. The normalized spacial score (nSPS) is 15.9. The van der Waals surface area contributed by atoms with Crippen LogP contribution in [0.4, 0.5) is 22.0 Å². The maximum atomic E-state index is 12.4. The average molecular weight is 594 g/mol. The molecule has 1 aromatic carbocycles. The van der Waals surface area contributed by atoms with Crippen LogP contribution in [-0.4, -0.2) is 54.1 Å². The largest absolute Gasteiger partial charge is 0.449 e. The third kappa shape index (κ3) is 8.20. The fraction of sp³-hybridized carbons (Fsp3) is 0.531. The molecule has 0 spiro atoms. The van der Waals surface area contributed by atoms with Crippen LogP contribution < -0.4 is 15.5 Å². The van der Waals surface area contributed by atoms with Crippen LogP contribution in [0.5, 0.6) is 0 Å². The summed E-state index contributed by atoms with van der Waals surface area (Å²) < 4.78 is 11.0. The summed E-state index contributed by atoms with van der Waals surface area (Å²) in [4.78, 5) is 25.9. The lowest BCUT2D eigenvalue weighted by molar-refractivity contribution is 0.122. The Morgan fingerprint density at radius 1 is 1.14 bits per heavy atom. The lowest BCUT2D eigenvalue weighted by Gasteiger charge is -2.30. The van der Waals surface area contributed by atoms with Crippen molar-refractivity contribution in [1.29, 1.82) is 0 Å². The van der Waals surface area contributed by atoms with Gasteiger partial charge in [-0.2, -0.15) is 0 Å². The van der Waals surface area contributed by atoms with Crippen molar-refractivity contribution in [2.75, 3.05) is 48.4 Å². The monoisotopic (exact) mass is 593 g/mol. The van der Waals surface area contributed by atoms with Crippen LogP contribution >= 0.6 is 11.3 Å². The number of nitrogens with zero attached hydrogens (tertiary/aromatic N) is 3. The summed E-state index contributed by atoms with van der Waals surface area (Å²) in [5.41, 5.74) is 5.65. The molecule has 1 atom stereocenters. The van der Waals surface area contributed by atoms with Crippen LogP contribution in [0.2, 0.25) is 0 Å². The molecule has 1 unspecified atom stereocenters. The first-order valence-corrected chi connectivity index (χ1v) is 16.0. The van der Waals surface area contributed by atoms with E-state index in [9.17, 15) is 9.90 Å². The number of hydrogen-bond acceptors (Lipinski definition) is 9. The Balaban J connectivity index is 1.36. The molecule has 226 valence electrons. The standard InChI is InChI=1S/C32H43N5O4S/c1-4-28-21(3)42-31(36-28)9-8-25-17-27(37-10-12-40-13-11-37)18-30(33-25)35-29(5-2)24-14-23(19-38)15-26(16-24)34-32(39)41-20-22-6-7-22/h14-18,22,29,38H,4-13,19-20H2,1-3H3,(H,33,35)(H,34,39). The zero-order valence-electron chi connectivity index (χ0n) is 24.9. The number of thiazole rings is 1. The number of benzene rings is 1. The first-order valence-electron chi connectivity index (χ1n) is 15.2. The van der Waals surface area contributed by atoms with Gasteiger partial charge >= 0.3 is 6.09 Å². The van der Waals surface area contributed by atoms with Gasteiger partial charge in [0.2, 0.25) is 0 Å². The van der Waals surface area contributed by atoms with Crippen LogP contribution in [0, 0.1) is 12.8 Å². The summed E-state index contributed by atoms with van der Waals surface area (Å²) in [7, 11) is 0. The number of rotatable bonds is 13. The van der Waals surface area contributed by atoms with Gasteiger partial charge < -0.3 is 24.8 Å². The van der Waals surface area contributed by atoms with Crippen molar-refractivity contribution in [1.82, 2.24) is 9.97 Å². The van der Waals surface area contributed by atoms with E-state index in [1.54, 1.807) is 17.4 Å². The molecule has 2 aromatic heterocycles. The quantitative estimate of drug-likeness (QED) is 0.220. The van der Waals surface area contributed by atoms with Gasteiger partial charge in [-0.05, 0) is 74.3 Å². The Morgan fingerprint density at radius 3 is 2.64 bits per heavy atom. The number of carbonyl (C=O) groups is 1. The van der Waals surface area contributed by atoms with E-state index in [2.05, 4.69) is 48.4 Å². The van der Waals surface area contributed by atoms with Gasteiger partial charge in [0.05, 0.1) is 43.2 Å². The number of aliphatic hydroxyl groups is 1. The van der Waals surface area contributed by atoms with Crippen LogP contribution in [0.15, 0.2) is 30.3 Å². The molecule has 5 rings (SSSR count). The van der Waals surface area contributed by atoms with Crippen LogP contribution in [0.3, 0.4) is 0 Å². The first kappa shape index (κ1) is 30.3. The van der Waals surface area contributed by atoms with Gasteiger partial charge in [0.25, 0.3) is 0 Å². The summed E-state index contributed by atoms with van der Waals surface area (Å²) in [6.07, 6.45) is 5.17. The summed E-state index contributed by atoms with van der Waals surface area (Å²) in [6.45, 7) is 9.85. The number of hydrogen-bond donors (Lipinski definition) is 3. The molecular weight excluding hydrogens is 550 g/mol. The van der Waals surface area contributed by atoms with Gasteiger partial charge in [-0.1, -0.05) is 19.9 Å². The Bertz CT molecular complexity index is 1350. The molecule has 42 heavy (non-hydrogen) atoms. The zero-order chi connectivity index (χ0) is 29.5. The second kappa shape index (κ2) is 14.3. The number of nitrogens with one attached hydrogen (secondary N) is 2. The molecule has 9 nitrogen and oxygen atoms in total. The number of aliphatic hydroxyl groups excluding tert-OH is 1. The van der Waals surface area contributed by atoms with Crippen molar-refractivity contribution in [3.05, 3.63) is 62.7 Å². The molecule has 1 amide bonds. The average Bonchev–Trinajstić information content (AvgIpc) is 3.78. The van der Waals surface area contributed by atoms with E-state index in [0.717, 1.165) is 84.9 Å². The lowest BCUT2D eigenvalue weighted by Crippen LogP contribution is -2.36. The van der Waals surface area contributed by atoms with Gasteiger partial charge in [0, 0.05) is 47.5 Å². The zero-order valence-corrected chi connectivity index (χ0v) is 25.8. The number of pyridine rings is 1. The maximum Gasteiger partial charge on any atom is 0.411 e. The molecule has 1 saturated carbocycles. The van der Waals surface area contributed by atoms with E-state index in [-0.39, 0.29) is 12.6 Å². The van der Waals surface area contributed by atoms with E-state index >= 15 is 0 Å². The second-order valence-corrected chi connectivity index (χ2v) is 12.4. The summed E-state index contributed by atoms with van der Waals surface area (Å²) in [5.74, 6) is 1.30. The van der Waals surface area contributed by atoms with Crippen LogP contribution in [0.1, 0.15) is 71.6 Å². The van der Waals surface area contributed by atoms with E-state index in [0.29, 0.717) is 31.4 Å². The molecule has 0 radical (unpaired) electrons. The van der Waals surface area contributed by atoms with Gasteiger partial charge in [-0.15, -0.1) is 11.3 Å². The Morgan fingerprint density at radius 2 is 1.95 bits per heavy atom. The van der Waals surface area contributed by atoms with Crippen molar-refractivity contribution in [2.24, 2.45) is 5.92 Å².